The van der Waals surface area contributed by atoms with Crippen LogP contribution in [0.15, 0.2) is 47.5 Å². The summed E-state index contributed by atoms with van der Waals surface area (Å²) in [6.07, 6.45) is 1.81. The number of benzene rings is 1. The molecule has 0 spiro atoms. The average Bonchev–Trinajstić information content (AvgIpc) is 3.10. The second-order valence-electron chi connectivity index (χ2n) is 7.66. The molecule has 0 aliphatic carbocycles. The van der Waals surface area contributed by atoms with Gasteiger partial charge in [-0.15, -0.1) is 0 Å². The predicted octanol–water partition coefficient (Wildman–Crippen LogP) is 3.09. The van der Waals surface area contributed by atoms with Crippen LogP contribution < -0.4 is 4.74 Å². The Balaban J connectivity index is 1.71. The van der Waals surface area contributed by atoms with Crippen molar-refractivity contribution in [1.29, 1.82) is 5.26 Å². The summed E-state index contributed by atoms with van der Waals surface area (Å²) in [6.45, 7) is 6.94. The third kappa shape index (κ3) is 4.29. The van der Waals surface area contributed by atoms with Gasteiger partial charge in [0.2, 0.25) is 15.9 Å². The van der Waals surface area contributed by atoms with Gasteiger partial charge in [0.1, 0.15) is 6.10 Å². The summed E-state index contributed by atoms with van der Waals surface area (Å²) < 4.78 is 33.0. The van der Waals surface area contributed by atoms with Crippen LogP contribution in [0, 0.1) is 11.3 Å². The van der Waals surface area contributed by atoms with Gasteiger partial charge in [-0.05, 0) is 35.6 Å². The van der Waals surface area contributed by atoms with Gasteiger partial charge in [-0.25, -0.2) is 13.4 Å². The van der Waals surface area contributed by atoms with Crippen LogP contribution >= 0.6 is 0 Å². The number of nitriles is 1. The third-order valence-electron chi connectivity index (χ3n) is 4.62. The Kier molecular flexibility index (Phi) is 5.22. The molecule has 1 aliphatic heterocycles. The zero-order valence-electron chi connectivity index (χ0n) is 15.7. The van der Waals surface area contributed by atoms with Gasteiger partial charge < -0.3 is 4.74 Å². The molecular formula is C20H23N3O3S. The van der Waals surface area contributed by atoms with Gasteiger partial charge in [0.25, 0.3) is 0 Å². The maximum Gasteiger partial charge on any atom is 0.243 e. The zero-order valence-corrected chi connectivity index (χ0v) is 16.5. The fourth-order valence-corrected chi connectivity index (χ4v) is 4.49. The fraction of sp³-hybridized carbons (Fsp3) is 0.400. The van der Waals surface area contributed by atoms with Crippen LogP contribution in [0.2, 0.25) is 0 Å². The van der Waals surface area contributed by atoms with Crippen molar-refractivity contribution in [3.63, 3.8) is 0 Å². The Hall–Kier alpha value is -2.43. The quantitative estimate of drug-likeness (QED) is 0.808. The van der Waals surface area contributed by atoms with Crippen LogP contribution in [0.3, 0.4) is 0 Å². The van der Waals surface area contributed by atoms with E-state index in [1.54, 1.807) is 24.3 Å². The molecule has 1 atom stereocenters. The van der Waals surface area contributed by atoms with Crippen molar-refractivity contribution in [3.05, 3.63) is 53.7 Å². The van der Waals surface area contributed by atoms with Crippen molar-refractivity contribution < 1.29 is 13.2 Å². The van der Waals surface area contributed by atoms with Crippen molar-refractivity contribution in [3.8, 4) is 11.9 Å². The lowest BCUT2D eigenvalue weighted by Gasteiger charge is -2.20. The molecular weight excluding hydrogens is 362 g/mol. The molecule has 2 aromatic rings. The van der Waals surface area contributed by atoms with Crippen LogP contribution in [0.25, 0.3) is 0 Å². The van der Waals surface area contributed by atoms with E-state index in [4.69, 9.17) is 10.00 Å². The Labute approximate surface area is 160 Å². The number of nitrogens with zero attached hydrogens (tertiary/aromatic N) is 3. The van der Waals surface area contributed by atoms with Gasteiger partial charge in [0, 0.05) is 18.8 Å². The number of rotatable bonds is 4. The van der Waals surface area contributed by atoms with E-state index < -0.39 is 10.0 Å². The highest BCUT2D eigenvalue weighted by Gasteiger charge is 2.34. The summed E-state index contributed by atoms with van der Waals surface area (Å²) in [4.78, 5) is 4.38. The molecule has 1 saturated heterocycles. The first kappa shape index (κ1) is 19.3. The van der Waals surface area contributed by atoms with E-state index in [1.165, 1.54) is 10.5 Å². The summed E-state index contributed by atoms with van der Waals surface area (Å²) in [6, 6.07) is 12.3. The van der Waals surface area contributed by atoms with Crippen molar-refractivity contribution in [2.75, 3.05) is 13.1 Å². The molecule has 1 aromatic heterocycles. The maximum absolute atomic E-state index is 12.9. The van der Waals surface area contributed by atoms with E-state index >= 15 is 0 Å². The lowest BCUT2D eigenvalue weighted by molar-refractivity contribution is 0.207. The van der Waals surface area contributed by atoms with E-state index in [1.807, 2.05) is 18.2 Å². The van der Waals surface area contributed by atoms with Gasteiger partial charge in [-0.2, -0.15) is 9.57 Å². The average molecular weight is 385 g/mol. The third-order valence-corrected chi connectivity index (χ3v) is 6.50. The summed E-state index contributed by atoms with van der Waals surface area (Å²) in [5.74, 6) is 0.341. The molecule has 6 nitrogen and oxygen atoms in total. The van der Waals surface area contributed by atoms with Crippen LogP contribution in [0.4, 0.5) is 0 Å². The number of sulfonamides is 1. The molecule has 0 amide bonds. The van der Waals surface area contributed by atoms with E-state index in [0.29, 0.717) is 29.3 Å². The molecule has 3 rings (SSSR count). The summed E-state index contributed by atoms with van der Waals surface area (Å²) in [5, 5.41) is 8.95. The van der Waals surface area contributed by atoms with Gasteiger partial charge in [-0.1, -0.05) is 32.9 Å². The van der Waals surface area contributed by atoms with E-state index in [2.05, 4.69) is 25.8 Å². The molecule has 1 fully saturated rings. The lowest BCUT2D eigenvalue weighted by atomic mass is 9.87. The molecule has 142 valence electrons. The molecule has 0 N–H and O–H groups in total. The molecule has 1 unspecified atom stereocenters. The van der Waals surface area contributed by atoms with Crippen molar-refractivity contribution in [2.24, 2.45) is 0 Å². The number of hydrogen-bond donors (Lipinski definition) is 0. The lowest BCUT2D eigenvalue weighted by Crippen LogP contribution is -2.31. The second-order valence-corrected chi connectivity index (χ2v) is 9.60. The van der Waals surface area contributed by atoms with Crippen molar-refractivity contribution in [1.82, 2.24) is 9.29 Å². The Morgan fingerprint density at radius 3 is 2.56 bits per heavy atom. The minimum atomic E-state index is -3.56. The fourth-order valence-electron chi connectivity index (χ4n) is 3.00. The minimum Gasteiger partial charge on any atom is -0.473 e. The first-order chi connectivity index (χ1) is 12.7. The number of pyridine rings is 1. The maximum atomic E-state index is 12.9. The molecule has 27 heavy (non-hydrogen) atoms. The highest BCUT2D eigenvalue weighted by molar-refractivity contribution is 7.89. The van der Waals surface area contributed by atoms with Crippen LogP contribution in [0.5, 0.6) is 5.88 Å². The molecule has 2 heterocycles. The second kappa shape index (κ2) is 7.29. The molecule has 1 aromatic carbocycles. The van der Waals surface area contributed by atoms with E-state index in [9.17, 15) is 8.42 Å². The van der Waals surface area contributed by atoms with Gasteiger partial charge in [0.15, 0.2) is 0 Å². The molecule has 1 aliphatic rings. The molecule has 0 radical (unpaired) electrons. The highest BCUT2D eigenvalue weighted by Crippen LogP contribution is 2.27. The zero-order chi connectivity index (χ0) is 19.7. The van der Waals surface area contributed by atoms with Crippen LogP contribution in [-0.4, -0.2) is 36.9 Å². The molecule has 0 bridgehead atoms. The van der Waals surface area contributed by atoms with Gasteiger partial charge in [0.05, 0.1) is 23.1 Å². The minimum absolute atomic E-state index is 0.0279. The Morgan fingerprint density at radius 1 is 1.22 bits per heavy atom. The van der Waals surface area contributed by atoms with E-state index in [-0.39, 0.29) is 18.1 Å². The Bertz CT molecular complexity index is 957. The first-order valence-electron chi connectivity index (χ1n) is 8.83. The van der Waals surface area contributed by atoms with Crippen LogP contribution in [0.1, 0.15) is 38.3 Å². The standard InChI is InChI=1S/C20H23N3O3S/c1-20(2,3)16-4-6-18(7-5-16)27(24,25)23-11-9-17(14-23)26-19-12-15(13-21)8-10-22-19/h4-8,10,12,17H,9,11,14H2,1-3H3. The normalized spacial score (nSPS) is 18.2. The molecule has 0 saturated carbocycles. The monoisotopic (exact) mass is 385 g/mol. The summed E-state index contributed by atoms with van der Waals surface area (Å²) in [5.41, 5.74) is 1.52. The topological polar surface area (TPSA) is 83.3 Å². The van der Waals surface area contributed by atoms with E-state index in [0.717, 1.165) is 5.56 Å². The largest absolute Gasteiger partial charge is 0.473 e. The number of hydrogen-bond acceptors (Lipinski definition) is 5. The first-order valence-corrected chi connectivity index (χ1v) is 10.3. The summed E-state index contributed by atoms with van der Waals surface area (Å²) in [7, 11) is -3.56. The van der Waals surface area contributed by atoms with Gasteiger partial charge in [-0.3, -0.25) is 0 Å². The number of ether oxygens (including phenoxy) is 1. The summed E-state index contributed by atoms with van der Waals surface area (Å²) >= 11 is 0. The highest BCUT2D eigenvalue weighted by atomic mass is 32.2. The van der Waals surface area contributed by atoms with Crippen molar-refractivity contribution in [2.45, 2.75) is 43.6 Å². The smallest absolute Gasteiger partial charge is 0.243 e. The predicted molar refractivity (Wildman–Crippen MR) is 102 cm³/mol. The molecule has 7 heteroatoms. The van der Waals surface area contributed by atoms with Crippen LogP contribution in [-0.2, 0) is 15.4 Å². The Morgan fingerprint density at radius 2 is 1.93 bits per heavy atom. The van der Waals surface area contributed by atoms with Crippen molar-refractivity contribution >= 4 is 10.0 Å². The SMILES string of the molecule is CC(C)(C)c1ccc(S(=O)(=O)N2CCC(Oc3cc(C#N)ccn3)C2)cc1. The number of aromatic nitrogens is 1. The van der Waals surface area contributed by atoms with Gasteiger partial charge >= 0.3 is 0 Å².